The van der Waals surface area contributed by atoms with Crippen LogP contribution in [0.2, 0.25) is 0 Å². The highest BCUT2D eigenvalue weighted by atomic mass is 15.0. The number of benzene rings is 10. The molecule has 1 aliphatic rings. The number of nitrogens with zero attached hydrogens (tertiary/aromatic N) is 1. The molecule has 12 rings (SSSR count). The summed E-state index contributed by atoms with van der Waals surface area (Å²) in [5.74, 6) is 0.216. The highest BCUT2D eigenvalue weighted by Crippen LogP contribution is 2.56. The zero-order valence-corrected chi connectivity index (χ0v) is 36.2. The van der Waals surface area contributed by atoms with E-state index in [2.05, 4.69) is 259 Å². The maximum absolute atomic E-state index is 2.49. The highest BCUT2D eigenvalue weighted by Gasteiger charge is 2.45. The third kappa shape index (κ3) is 6.62. The van der Waals surface area contributed by atoms with E-state index in [4.69, 9.17) is 0 Å². The lowest BCUT2D eigenvalue weighted by Gasteiger charge is -2.33. The molecule has 1 nitrogen and oxygen atoms in total. The molecule has 1 heteroatoms. The van der Waals surface area contributed by atoms with Crippen LogP contribution in [0, 0.1) is 0 Å². The van der Waals surface area contributed by atoms with Crippen molar-refractivity contribution in [2.45, 2.75) is 24.2 Å². The monoisotopic (exact) mass is 829 g/mol. The topological polar surface area (TPSA) is 4.93 Å². The van der Waals surface area contributed by atoms with Crippen molar-refractivity contribution in [3.05, 3.63) is 294 Å². The Morgan fingerprint density at radius 3 is 1.54 bits per heavy atom. The van der Waals surface area contributed by atoms with Gasteiger partial charge in [0.25, 0.3) is 0 Å². The fraction of sp³-hybridized carbons (Fsp3) is 0.0625. The lowest BCUT2D eigenvalue weighted by molar-refractivity contribution is 0.714. The fourth-order valence-electron chi connectivity index (χ4n) is 10.9. The SMILES string of the molecule is c1ccc(-c2ccc(C(CCc3ccc4c(c3)-c3ccccc3C4(c3ccccc3)c3ccccc3)c3ccc(-c4ccc5c(c4)c4ccccc4n5-c4ccccc4)cc3)cc2)cc1. The average Bonchev–Trinajstić information content (AvgIpc) is 3.88. The van der Waals surface area contributed by atoms with Gasteiger partial charge in [0.15, 0.2) is 0 Å². The molecule has 0 aliphatic heterocycles. The summed E-state index contributed by atoms with van der Waals surface area (Å²) in [5.41, 5.74) is 20.2. The van der Waals surface area contributed by atoms with Crippen molar-refractivity contribution in [2.24, 2.45) is 0 Å². The van der Waals surface area contributed by atoms with Gasteiger partial charge in [0.1, 0.15) is 0 Å². The van der Waals surface area contributed by atoms with Crippen molar-refractivity contribution >= 4 is 21.8 Å². The first-order valence-electron chi connectivity index (χ1n) is 22.9. The molecule has 0 saturated carbocycles. The molecule has 0 radical (unpaired) electrons. The first kappa shape index (κ1) is 38.7. The average molecular weight is 830 g/mol. The van der Waals surface area contributed by atoms with Gasteiger partial charge in [0, 0.05) is 22.4 Å². The Bertz CT molecular complexity index is 3400. The van der Waals surface area contributed by atoms with Gasteiger partial charge in [-0.25, -0.2) is 0 Å². The van der Waals surface area contributed by atoms with Crippen LogP contribution in [-0.4, -0.2) is 4.57 Å². The first-order chi connectivity index (χ1) is 32.2. The van der Waals surface area contributed by atoms with Crippen molar-refractivity contribution in [2.75, 3.05) is 0 Å². The second-order valence-electron chi connectivity index (χ2n) is 17.5. The predicted octanol–water partition coefficient (Wildman–Crippen LogP) is 16.2. The smallest absolute Gasteiger partial charge is 0.0713 e. The number of aryl methyl sites for hydroxylation is 1. The van der Waals surface area contributed by atoms with Crippen molar-refractivity contribution in [3.63, 3.8) is 0 Å². The normalized spacial score (nSPS) is 13.1. The van der Waals surface area contributed by atoms with Gasteiger partial charge < -0.3 is 4.57 Å². The minimum atomic E-state index is -0.388. The summed E-state index contributed by atoms with van der Waals surface area (Å²) in [6, 6.07) is 94.4. The lowest BCUT2D eigenvalue weighted by Crippen LogP contribution is -2.28. The van der Waals surface area contributed by atoms with Crippen LogP contribution in [0.15, 0.2) is 255 Å². The second-order valence-corrected chi connectivity index (χ2v) is 17.5. The maximum Gasteiger partial charge on any atom is 0.0713 e. The fourth-order valence-corrected chi connectivity index (χ4v) is 10.9. The van der Waals surface area contributed by atoms with E-state index in [0.717, 1.165) is 12.8 Å². The van der Waals surface area contributed by atoms with Crippen LogP contribution in [0.1, 0.15) is 51.3 Å². The molecule has 1 aromatic heterocycles. The lowest BCUT2D eigenvalue weighted by atomic mass is 9.67. The van der Waals surface area contributed by atoms with E-state index in [1.54, 1.807) is 0 Å². The van der Waals surface area contributed by atoms with E-state index < -0.39 is 0 Å². The van der Waals surface area contributed by atoms with E-state index in [1.165, 1.54) is 99.8 Å². The number of hydrogen-bond donors (Lipinski definition) is 0. The molecule has 11 aromatic rings. The third-order valence-corrected chi connectivity index (χ3v) is 14.0. The van der Waals surface area contributed by atoms with Crippen LogP contribution in [0.4, 0.5) is 0 Å². The van der Waals surface area contributed by atoms with Gasteiger partial charge in [-0.15, -0.1) is 0 Å². The molecule has 0 fully saturated rings. The van der Waals surface area contributed by atoms with Crippen LogP contribution < -0.4 is 0 Å². The molecule has 65 heavy (non-hydrogen) atoms. The van der Waals surface area contributed by atoms with Gasteiger partial charge >= 0.3 is 0 Å². The first-order valence-corrected chi connectivity index (χ1v) is 22.9. The second kappa shape index (κ2) is 16.3. The molecule has 1 atom stereocenters. The van der Waals surface area contributed by atoms with Crippen LogP contribution in [0.5, 0.6) is 0 Å². The van der Waals surface area contributed by atoms with Crippen LogP contribution in [0.3, 0.4) is 0 Å². The van der Waals surface area contributed by atoms with Gasteiger partial charge in [0.05, 0.1) is 16.4 Å². The van der Waals surface area contributed by atoms with Gasteiger partial charge in [-0.3, -0.25) is 0 Å². The van der Waals surface area contributed by atoms with Gasteiger partial charge in [0.2, 0.25) is 0 Å². The quantitative estimate of drug-likeness (QED) is 0.129. The summed E-state index contributed by atoms with van der Waals surface area (Å²) in [5, 5.41) is 2.54. The Kier molecular flexibility index (Phi) is 9.68. The van der Waals surface area contributed by atoms with E-state index in [1.807, 2.05) is 0 Å². The van der Waals surface area contributed by atoms with E-state index in [-0.39, 0.29) is 11.3 Å². The number of aromatic nitrogens is 1. The molecule has 10 aromatic carbocycles. The van der Waals surface area contributed by atoms with E-state index in [0.29, 0.717) is 0 Å². The van der Waals surface area contributed by atoms with Crippen molar-refractivity contribution < 1.29 is 0 Å². The summed E-state index contributed by atoms with van der Waals surface area (Å²) in [4.78, 5) is 0. The van der Waals surface area contributed by atoms with E-state index >= 15 is 0 Å². The molecule has 1 unspecified atom stereocenters. The standard InChI is InChI=1S/C64H47N/c1-5-17-46(18-6-1)47-31-35-49(36-32-47)55(50-37-33-48(34-38-50)51-39-42-63-59(44-51)57-26-14-16-28-62(57)65(63)54-23-11-4-12-24-54)40-29-45-30-41-61-58(43-45)56-25-13-15-27-60(56)64(61,52-19-7-2-8-20-52)53-21-9-3-10-22-53/h1-28,30-39,41-44,55H,29,40H2. The summed E-state index contributed by atoms with van der Waals surface area (Å²) in [6.45, 7) is 0. The molecular formula is C64H47N. The minimum Gasteiger partial charge on any atom is -0.309 e. The molecule has 0 saturated heterocycles. The Hall–Kier alpha value is -8.00. The molecule has 0 spiro atoms. The van der Waals surface area contributed by atoms with Gasteiger partial charge in [-0.05, 0) is 115 Å². The zero-order chi connectivity index (χ0) is 43.2. The third-order valence-electron chi connectivity index (χ3n) is 14.0. The minimum absolute atomic E-state index is 0.216. The summed E-state index contributed by atoms with van der Waals surface area (Å²) >= 11 is 0. The Labute approximate surface area is 381 Å². The predicted molar refractivity (Wildman–Crippen MR) is 272 cm³/mol. The molecule has 1 heterocycles. The summed E-state index contributed by atoms with van der Waals surface area (Å²) in [6.07, 6.45) is 1.94. The summed E-state index contributed by atoms with van der Waals surface area (Å²) < 4.78 is 2.38. The summed E-state index contributed by atoms with van der Waals surface area (Å²) in [7, 11) is 0. The van der Waals surface area contributed by atoms with Crippen molar-refractivity contribution in [1.82, 2.24) is 4.57 Å². The molecular weight excluding hydrogens is 783 g/mol. The van der Waals surface area contributed by atoms with Crippen LogP contribution >= 0.6 is 0 Å². The number of para-hydroxylation sites is 2. The number of hydrogen-bond acceptors (Lipinski definition) is 0. The van der Waals surface area contributed by atoms with Crippen molar-refractivity contribution in [1.29, 1.82) is 0 Å². The molecule has 0 N–H and O–H groups in total. The van der Waals surface area contributed by atoms with Crippen LogP contribution in [0.25, 0.3) is 60.9 Å². The highest BCUT2D eigenvalue weighted by molar-refractivity contribution is 6.10. The molecule has 0 bridgehead atoms. The van der Waals surface area contributed by atoms with Crippen LogP contribution in [-0.2, 0) is 11.8 Å². The largest absolute Gasteiger partial charge is 0.309 e. The molecule has 1 aliphatic carbocycles. The number of fused-ring (bicyclic) bond motifs is 6. The Morgan fingerprint density at radius 1 is 0.354 bits per heavy atom. The Balaban J connectivity index is 0.907. The molecule has 0 amide bonds. The van der Waals surface area contributed by atoms with E-state index in [9.17, 15) is 0 Å². The number of rotatable bonds is 10. The van der Waals surface area contributed by atoms with Gasteiger partial charge in [-0.1, -0.05) is 224 Å². The van der Waals surface area contributed by atoms with Crippen molar-refractivity contribution in [3.8, 4) is 39.1 Å². The molecule has 308 valence electrons. The van der Waals surface area contributed by atoms with Gasteiger partial charge in [-0.2, -0.15) is 0 Å². The Morgan fingerprint density at radius 2 is 0.862 bits per heavy atom. The zero-order valence-electron chi connectivity index (χ0n) is 36.2. The maximum atomic E-state index is 2.49.